The maximum Gasteiger partial charge on any atom is 0.123 e. The van der Waals surface area contributed by atoms with E-state index in [2.05, 4.69) is 19.9 Å². The number of aryl methyl sites for hydroxylation is 1. The maximum absolute atomic E-state index is 8.75. The van der Waals surface area contributed by atoms with E-state index in [1.54, 1.807) is 6.07 Å². The van der Waals surface area contributed by atoms with Crippen molar-refractivity contribution in [2.24, 2.45) is 0 Å². The molecule has 0 saturated heterocycles. The smallest absolute Gasteiger partial charge is 0.123 e. The van der Waals surface area contributed by atoms with Gasteiger partial charge in [-0.05, 0) is 50.5 Å². The molecule has 3 heteroatoms. The molecule has 80 valence electrons. The normalized spacial score (nSPS) is 16.6. The molecular formula is C12H15NO2. The van der Waals surface area contributed by atoms with Gasteiger partial charge in [0.1, 0.15) is 11.4 Å². The highest BCUT2D eigenvalue weighted by atomic mass is 16.5. The number of nitrogens with zero attached hydrogens (tertiary/aromatic N) is 1. The maximum atomic E-state index is 8.75. The molecule has 0 saturated carbocycles. The van der Waals surface area contributed by atoms with Crippen LogP contribution in [0.2, 0.25) is 0 Å². The highest BCUT2D eigenvalue weighted by Gasteiger charge is 2.26. The number of benzene rings is 1. The van der Waals surface area contributed by atoms with Gasteiger partial charge in [0.25, 0.3) is 0 Å². The second-order valence-electron chi connectivity index (χ2n) is 4.30. The van der Waals surface area contributed by atoms with E-state index in [9.17, 15) is 0 Å². The predicted molar refractivity (Wildman–Crippen MR) is 57.8 cm³/mol. The molecule has 2 rings (SSSR count). The van der Waals surface area contributed by atoms with Crippen LogP contribution in [0, 0.1) is 11.3 Å². The molecule has 0 fully saturated rings. The van der Waals surface area contributed by atoms with Gasteiger partial charge >= 0.3 is 0 Å². The monoisotopic (exact) mass is 205 g/mol. The zero-order chi connectivity index (χ0) is 10.2. The first-order valence-corrected chi connectivity index (χ1v) is 4.83. The number of nitriles is 1. The van der Waals surface area contributed by atoms with Gasteiger partial charge in [-0.25, -0.2) is 0 Å². The van der Waals surface area contributed by atoms with Crippen LogP contribution in [0.3, 0.4) is 0 Å². The van der Waals surface area contributed by atoms with Crippen molar-refractivity contribution >= 4 is 0 Å². The Morgan fingerprint density at radius 3 is 2.80 bits per heavy atom. The van der Waals surface area contributed by atoms with Crippen LogP contribution >= 0.6 is 0 Å². The topological polar surface area (TPSA) is 64.5 Å². The molecule has 15 heavy (non-hydrogen) atoms. The summed E-state index contributed by atoms with van der Waals surface area (Å²) in [5.41, 5.74) is 1.80. The van der Waals surface area contributed by atoms with Crippen molar-refractivity contribution < 1.29 is 10.2 Å². The van der Waals surface area contributed by atoms with Gasteiger partial charge in [-0.1, -0.05) is 0 Å². The van der Waals surface area contributed by atoms with Gasteiger partial charge in [0.2, 0.25) is 0 Å². The van der Waals surface area contributed by atoms with Gasteiger partial charge in [0.05, 0.1) is 11.6 Å². The van der Waals surface area contributed by atoms with E-state index in [1.165, 1.54) is 0 Å². The highest BCUT2D eigenvalue weighted by Crippen LogP contribution is 2.33. The largest absolute Gasteiger partial charge is 0.488 e. The molecule has 1 heterocycles. The van der Waals surface area contributed by atoms with Crippen LogP contribution in [0.5, 0.6) is 5.75 Å². The molecule has 1 aromatic carbocycles. The fourth-order valence-corrected chi connectivity index (χ4v) is 1.73. The van der Waals surface area contributed by atoms with Crippen molar-refractivity contribution in [3.63, 3.8) is 0 Å². The number of hydrogen-bond acceptors (Lipinski definition) is 2. The fourth-order valence-electron chi connectivity index (χ4n) is 1.73. The molecule has 1 aliphatic rings. The Kier molecular flexibility index (Phi) is 3.01. The van der Waals surface area contributed by atoms with Crippen molar-refractivity contribution in [2.45, 2.75) is 32.3 Å². The summed E-state index contributed by atoms with van der Waals surface area (Å²) < 4.78 is 5.81. The lowest BCUT2D eigenvalue weighted by Crippen LogP contribution is -2.32. The fraction of sp³-hybridized carbons (Fsp3) is 0.417. The van der Waals surface area contributed by atoms with Crippen LogP contribution in [0.25, 0.3) is 0 Å². The van der Waals surface area contributed by atoms with Crippen molar-refractivity contribution in [1.29, 1.82) is 5.26 Å². The standard InChI is InChI=1S/C12H13NO.H2O/c1-12(2)6-5-10-7-9(8-13)3-4-11(10)14-12;/h3-4,7H,5-6H2,1-2H3;1H2. The van der Waals surface area contributed by atoms with Crippen molar-refractivity contribution in [1.82, 2.24) is 0 Å². The number of hydrogen-bond donors (Lipinski definition) is 0. The molecule has 0 bridgehead atoms. The number of rotatable bonds is 0. The minimum absolute atomic E-state index is 0. The Balaban J connectivity index is 0.00000112. The Labute approximate surface area is 89.6 Å². The predicted octanol–water partition coefficient (Wildman–Crippen LogP) is 1.84. The van der Waals surface area contributed by atoms with E-state index >= 15 is 0 Å². The van der Waals surface area contributed by atoms with E-state index in [0.717, 1.165) is 24.2 Å². The summed E-state index contributed by atoms with van der Waals surface area (Å²) in [6, 6.07) is 7.77. The third-order valence-corrected chi connectivity index (χ3v) is 2.57. The van der Waals surface area contributed by atoms with Crippen LogP contribution in [0.15, 0.2) is 18.2 Å². The van der Waals surface area contributed by atoms with E-state index < -0.39 is 0 Å². The number of fused-ring (bicyclic) bond motifs is 1. The lowest BCUT2D eigenvalue weighted by molar-refractivity contribution is 0.0847. The lowest BCUT2D eigenvalue weighted by atomic mass is 9.93. The molecule has 1 aromatic rings. The van der Waals surface area contributed by atoms with Crippen LogP contribution in [0.4, 0.5) is 0 Å². The van der Waals surface area contributed by atoms with E-state index in [4.69, 9.17) is 10.00 Å². The van der Waals surface area contributed by atoms with E-state index in [0.29, 0.717) is 5.56 Å². The summed E-state index contributed by atoms with van der Waals surface area (Å²) in [7, 11) is 0. The summed E-state index contributed by atoms with van der Waals surface area (Å²) in [6.07, 6.45) is 2.01. The Bertz CT molecular complexity index is 405. The van der Waals surface area contributed by atoms with E-state index in [1.807, 2.05) is 12.1 Å². The molecule has 0 atom stereocenters. The molecule has 0 spiro atoms. The van der Waals surface area contributed by atoms with Gasteiger partial charge in [0, 0.05) is 0 Å². The molecule has 0 aliphatic carbocycles. The van der Waals surface area contributed by atoms with Gasteiger partial charge in [-0.2, -0.15) is 5.26 Å². The molecule has 0 amide bonds. The quantitative estimate of drug-likeness (QED) is 0.648. The molecule has 2 N–H and O–H groups in total. The molecule has 0 aromatic heterocycles. The Hall–Kier alpha value is -1.53. The third-order valence-electron chi connectivity index (χ3n) is 2.57. The average Bonchev–Trinajstić information content (AvgIpc) is 2.16. The van der Waals surface area contributed by atoms with Crippen LogP contribution < -0.4 is 4.74 Å². The highest BCUT2D eigenvalue weighted by molar-refractivity contribution is 5.43. The van der Waals surface area contributed by atoms with Gasteiger partial charge in [0.15, 0.2) is 0 Å². The SMILES string of the molecule is CC1(C)CCc2cc(C#N)ccc2O1.O. The Morgan fingerprint density at radius 1 is 1.40 bits per heavy atom. The third kappa shape index (κ3) is 2.28. The van der Waals surface area contributed by atoms with Crippen LogP contribution in [-0.2, 0) is 6.42 Å². The summed E-state index contributed by atoms with van der Waals surface area (Å²) in [5, 5.41) is 8.75. The van der Waals surface area contributed by atoms with Crippen LogP contribution in [-0.4, -0.2) is 11.1 Å². The first kappa shape index (κ1) is 11.5. The average molecular weight is 205 g/mol. The Morgan fingerprint density at radius 2 is 2.13 bits per heavy atom. The molecule has 0 unspecified atom stereocenters. The zero-order valence-electron chi connectivity index (χ0n) is 9.00. The molecule has 1 aliphatic heterocycles. The summed E-state index contributed by atoms with van der Waals surface area (Å²) in [5.74, 6) is 0.931. The van der Waals surface area contributed by atoms with Crippen molar-refractivity contribution in [3.8, 4) is 11.8 Å². The van der Waals surface area contributed by atoms with Gasteiger partial charge < -0.3 is 10.2 Å². The second kappa shape index (κ2) is 3.92. The summed E-state index contributed by atoms with van der Waals surface area (Å²) in [4.78, 5) is 0. The first-order chi connectivity index (χ1) is 6.61. The van der Waals surface area contributed by atoms with Crippen molar-refractivity contribution in [3.05, 3.63) is 29.3 Å². The van der Waals surface area contributed by atoms with Gasteiger partial charge in [-0.3, -0.25) is 0 Å². The lowest BCUT2D eigenvalue weighted by Gasteiger charge is -2.32. The number of ether oxygens (including phenoxy) is 1. The summed E-state index contributed by atoms with van der Waals surface area (Å²) in [6.45, 7) is 4.18. The summed E-state index contributed by atoms with van der Waals surface area (Å²) >= 11 is 0. The first-order valence-electron chi connectivity index (χ1n) is 4.83. The second-order valence-corrected chi connectivity index (χ2v) is 4.30. The van der Waals surface area contributed by atoms with Crippen LogP contribution in [0.1, 0.15) is 31.4 Å². The molecule has 0 radical (unpaired) electrons. The zero-order valence-corrected chi connectivity index (χ0v) is 9.00. The molecular weight excluding hydrogens is 190 g/mol. The molecule has 3 nitrogen and oxygen atoms in total. The minimum atomic E-state index is -0.0683. The minimum Gasteiger partial charge on any atom is -0.488 e. The van der Waals surface area contributed by atoms with Gasteiger partial charge in [-0.15, -0.1) is 0 Å². The van der Waals surface area contributed by atoms with Crippen molar-refractivity contribution in [2.75, 3.05) is 0 Å². The van der Waals surface area contributed by atoms with E-state index in [-0.39, 0.29) is 11.1 Å².